The molecule has 3 heterocycles. The maximum atomic E-state index is 5.72. The van der Waals surface area contributed by atoms with Crippen LogP contribution in [0.15, 0.2) is 42.9 Å². The predicted molar refractivity (Wildman–Crippen MR) is 95.0 cm³/mol. The molecule has 2 aromatic heterocycles. The third-order valence-electron chi connectivity index (χ3n) is 5.05. The van der Waals surface area contributed by atoms with Gasteiger partial charge in [-0.1, -0.05) is 18.9 Å². The molecular formula is C18H22N4S. The molecule has 0 radical (unpaired) electrons. The van der Waals surface area contributed by atoms with Crippen LogP contribution in [0, 0.1) is 0 Å². The zero-order valence-corrected chi connectivity index (χ0v) is 14.2. The van der Waals surface area contributed by atoms with Gasteiger partial charge in [-0.3, -0.25) is 4.98 Å². The first-order valence-electron chi connectivity index (χ1n) is 8.35. The molecule has 1 saturated heterocycles. The summed E-state index contributed by atoms with van der Waals surface area (Å²) in [5.74, 6) is 0. The number of aryl methyl sites for hydroxylation is 1. The quantitative estimate of drug-likeness (QED) is 0.877. The fourth-order valence-corrected chi connectivity index (χ4v) is 4.39. The highest BCUT2D eigenvalue weighted by molar-refractivity contribution is 7.80. The van der Waals surface area contributed by atoms with Gasteiger partial charge in [-0.2, -0.15) is 0 Å². The second-order valence-electron chi connectivity index (χ2n) is 6.58. The van der Waals surface area contributed by atoms with E-state index in [0.717, 1.165) is 10.8 Å². The Morgan fingerprint density at radius 3 is 2.70 bits per heavy atom. The Balaban J connectivity index is 1.75. The van der Waals surface area contributed by atoms with Crippen LogP contribution >= 0.6 is 12.2 Å². The molecule has 2 aromatic rings. The molecule has 0 unspecified atom stereocenters. The van der Waals surface area contributed by atoms with E-state index in [9.17, 15) is 0 Å². The Labute approximate surface area is 142 Å². The van der Waals surface area contributed by atoms with Crippen LogP contribution in [0.5, 0.6) is 0 Å². The van der Waals surface area contributed by atoms with Gasteiger partial charge in [0.25, 0.3) is 0 Å². The van der Waals surface area contributed by atoms with Crippen molar-refractivity contribution in [1.82, 2.24) is 19.8 Å². The van der Waals surface area contributed by atoms with E-state index in [0.29, 0.717) is 6.04 Å². The Bertz CT molecular complexity index is 690. The van der Waals surface area contributed by atoms with Crippen molar-refractivity contribution in [1.29, 1.82) is 0 Å². The smallest absolute Gasteiger partial charge is 0.170 e. The molecule has 0 spiro atoms. The molecule has 5 heteroatoms. The van der Waals surface area contributed by atoms with Crippen molar-refractivity contribution < 1.29 is 0 Å². The third-order valence-corrected chi connectivity index (χ3v) is 5.38. The zero-order chi connectivity index (χ0) is 15.8. The molecule has 2 fully saturated rings. The average Bonchev–Trinajstić information content (AvgIpc) is 3.27. The van der Waals surface area contributed by atoms with Gasteiger partial charge in [-0.15, -0.1) is 0 Å². The minimum atomic E-state index is 0.117. The summed E-state index contributed by atoms with van der Waals surface area (Å²) >= 11 is 5.72. The van der Waals surface area contributed by atoms with Crippen LogP contribution in [-0.4, -0.2) is 25.6 Å². The van der Waals surface area contributed by atoms with Gasteiger partial charge in [0, 0.05) is 31.7 Å². The van der Waals surface area contributed by atoms with Crippen LogP contribution < -0.4 is 5.32 Å². The summed E-state index contributed by atoms with van der Waals surface area (Å²) in [5, 5.41) is 4.42. The van der Waals surface area contributed by atoms with Crippen molar-refractivity contribution in [3.63, 3.8) is 0 Å². The normalized spacial score (nSPS) is 25.1. The van der Waals surface area contributed by atoms with Crippen LogP contribution in [0.3, 0.4) is 0 Å². The van der Waals surface area contributed by atoms with Crippen molar-refractivity contribution in [2.45, 2.75) is 43.8 Å². The highest BCUT2D eigenvalue weighted by Crippen LogP contribution is 2.42. The fraction of sp³-hybridized carbons (Fsp3) is 0.444. The van der Waals surface area contributed by atoms with E-state index in [1.807, 2.05) is 18.3 Å². The van der Waals surface area contributed by atoms with Crippen molar-refractivity contribution in [2.75, 3.05) is 0 Å². The standard InChI is InChI=1S/C18H22N4S/c1-21-11-9-13(12-21)17-16(15-8-4-5-10-19-15)20-18(23)22(17)14-6-2-3-7-14/h4-5,8-12,14,16-17H,2-3,6-7H2,1H3,(H,20,23)/t16-,17+/m0/s1. The molecule has 4 nitrogen and oxygen atoms in total. The first-order chi connectivity index (χ1) is 11.2. The van der Waals surface area contributed by atoms with E-state index in [4.69, 9.17) is 12.2 Å². The number of hydrogen-bond donors (Lipinski definition) is 1. The van der Waals surface area contributed by atoms with E-state index in [1.165, 1.54) is 31.2 Å². The molecule has 1 aliphatic heterocycles. The number of pyridine rings is 1. The summed E-state index contributed by atoms with van der Waals surface area (Å²) < 4.78 is 2.11. The molecular weight excluding hydrogens is 304 g/mol. The van der Waals surface area contributed by atoms with Gasteiger partial charge in [-0.05, 0) is 48.8 Å². The van der Waals surface area contributed by atoms with Gasteiger partial charge in [0.1, 0.15) is 0 Å². The van der Waals surface area contributed by atoms with Crippen LogP contribution in [-0.2, 0) is 7.05 Å². The Morgan fingerprint density at radius 1 is 1.22 bits per heavy atom. The lowest BCUT2D eigenvalue weighted by molar-refractivity contribution is 0.245. The van der Waals surface area contributed by atoms with Gasteiger partial charge in [-0.25, -0.2) is 0 Å². The molecule has 1 saturated carbocycles. The van der Waals surface area contributed by atoms with Gasteiger partial charge < -0.3 is 14.8 Å². The van der Waals surface area contributed by atoms with Gasteiger partial charge in [0.05, 0.1) is 17.8 Å². The van der Waals surface area contributed by atoms with E-state index in [1.54, 1.807) is 0 Å². The van der Waals surface area contributed by atoms with Crippen LogP contribution in [0.2, 0.25) is 0 Å². The third kappa shape index (κ3) is 2.63. The SMILES string of the molecule is Cn1ccc([C@@H]2[C@H](c3ccccn3)NC(=S)N2C2CCCC2)c1. The lowest BCUT2D eigenvalue weighted by Crippen LogP contribution is -2.37. The summed E-state index contributed by atoms with van der Waals surface area (Å²) in [6, 6.07) is 9.20. The second kappa shape index (κ2) is 5.96. The number of thiocarbonyl (C=S) groups is 1. The maximum absolute atomic E-state index is 5.72. The highest BCUT2D eigenvalue weighted by atomic mass is 32.1. The summed E-state index contributed by atoms with van der Waals surface area (Å²) in [5.41, 5.74) is 2.37. The first kappa shape index (κ1) is 14.7. The van der Waals surface area contributed by atoms with Crippen molar-refractivity contribution in [3.05, 3.63) is 54.1 Å². The predicted octanol–water partition coefficient (Wildman–Crippen LogP) is 3.34. The van der Waals surface area contributed by atoms with E-state index in [-0.39, 0.29) is 12.1 Å². The molecule has 4 rings (SSSR count). The Kier molecular flexibility index (Phi) is 3.81. The molecule has 2 aliphatic rings. The second-order valence-corrected chi connectivity index (χ2v) is 6.97. The largest absolute Gasteiger partial charge is 0.357 e. The topological polar surface area (TPSA) is 33.1 Å². The molecule has 2 atom stereocenters. The fourth-order valence-electron chi connectivity index (χ4n) is 4.00. The minimum absolute atomic E-state index is 0.117. The molecule has 120 valence electrons. The van der Waals surface area contributed by atoms with Crippen LogP contribution in [0.25, 0.3) is 0 Å². The summed E-state index contributed by atoms with van der Waals surface area (Å²) in [6.07, 6.45) is 11.3. The Morgan fingerprint density at radius 2 is 2.04 bits per heavy atom. The lowest BCUT2D eigenvalue weighted by Gasteiger charge is -2.32. The summed E-state index contributed by atoms with van der Waals surface area (Å²) in [6.45, 7) is 0. The van der Waals surface area contributed by atoms with Gasteiger partial charge in [0.15, 0.2) is 5.11 Å². The van der Waals surface area contributed by atoms with Crippen LogP contribution in [0.1, 0.15) is 49.0 Å². The van der Waals surface area contributed by atoms with Crippen molar-refractivity contribution in [3.8, 4) is 0 Å². The molecule has 1 aliphatic carbocycles. The van der Waals surface area contributed by atoms with E-state index in [2.05, 4.69) is 51.3 Å². The molecule has 0 bridgehead atoms. The summed E-state index contributed by atoms with van der Waals surface area (Å²) in [4.78, 5) is 7.02. The number of hydrogen-bond acceptors (Lipinski definition) is 2. The number of nitrogens with zero attached hydrogens (tertiary/aromatic N) is 3. The maximum Gasteiger partial charge on any atom is 0.170 e. The van der Waals surface area contributed by atoms with Crippen molar-refractivity contribution >= 4 is 17.3 Å². The average molecular weight is 326 g/mol. The van der Waals surface area contributed by atoms with Crippen molar-refractivity contribution in [2.24, 2.45) is 7.05 Å². The monoisotopic (exact) mass is 326 g/mol. The number of rotatable bonds is 3. The molecule has 1 N–H and O–H groups in total. The Hall–Kier alpha value is -1.88. The van der Waals surface area contributed by atoms with E-state index < -0.39 is 0 Å². The first-order valence-corrected chi connectivity index (χ1v) is 8.76. The summed E-state index contributed by atoms with van der Waals surface area (Å²) in [7, 11) is 2.07. The number of nitrogens with one attached hydrogen (secondary N) is 1. The number of aromatic nitrogens is 2. The highest BCUT2D eigenvalue weighted by Gasteiger charge is 2.43. The zero-order valence-electron chi connectivity index (χ0n) is 13.4. The van der Waals surface area contributed by atoms with Gasteiger partial charge in [0.2, 0.25) is 0 Å². The van der Waals surface area contributed by atoms with Gasteiger partial charge >= 0.3 is 0 Å². The molecule has 23 heavy (non-hydrogen) atoms. The minimum Gasteiger partial charge on any atom is -0.357 e. The van der Waals surface area contributed by atoms with Crippen LogP contribution in [0.4, 0.5) is 0 Å². The van der Waals surface area contributed by atoms with E-state index >= 15 is 0 Å². The molecule has 0 aromatic carbocycles. The molecule has 0 amide bonds. The lowest BCUT2D eigenvalue weighted by atomic mass is 9.97.